The van der Waals surface area contributed by atoms with Crippen LogP contribution < -0.4 is 15.4 Å². The van der Waals surface area contributed by atoms with Crippen LogP contribution in [-0.2, 0) is 6.54 Å². The number of ether oxygens (including phenoxy) is 1. The molecule has 1 heterocycles. The molecule has 134 valence electrons. The number of pyridine rings is 1. The van der Waals surface area contributed by atoms with Crippen molar-refractivity contribution in [3.63, 3.8) is 0 Å². The summed E-state index contributed by atoms with van der Waals surface area (Å²) >= 11 is 0. The zero-order chi connectivity index (χ0) is 17.4. The summed E-state index contributed by atoms with van der Waals surface area (Å²) in [4.78, 5) is 8.32. The monoisotopic (exact) mass is 344 g/mol. The third-order valence-corrected chi connectivity index (χ3v) is 3.67. The van der Waals surface area contributed by atoms with Crippen molar-refractivity contribution in [1.29, 1.82) is 0 Å². The Morgan fingerprint density at radius 3 is 2.79 bits per heavy atom. The Labute approximate surface area is 139 Å². The molecule has 2 rings (SSSR count). The molecular weight excluding hydrogens is 321 g/mol. The van der Waals surface area contributed by atoms with E-state index in [9.17, 15) is 13.2 Å². The fourth-order valence-corrected chi connectivity index (χ4v) is 2.57. The number of hydrogen-bond donors (Lipinski definition) is 2. The Morgan fingerprint density at radius 1 is 1.38 bits per heavy atom. The van der Waals surface area contributed by atoms with Gasteiger partial charge in [-0.15, -0.1) is 0 Å². The normalized spacial score (nSPS) is 16.2. The highest BCUT2D eigenvalue weighted by atomic mass is 19.4. The lowest BCUT2D eigenvalue weighted by atomic mass is 10.2. The third kappa shape index (κ3) is 6.25. The van der Waals surface area contributed by atoms with Gasteiger partial charge >= 0.3 is 6.18 Å². The van der Waals surface area contributed by atoms with Gasteiger partial charge in [-0.25, -0.2) is 9.98 Å². The van der Waals surface area contributed by atoms with Crippen molar-refractivity contribution in [2.75, 3.05) is 13.2 Å². The van der Waals surface area contributed by atoms with Crippen LogP contribution in [0.2, 0.25) is 0 Å². The summed E-state index contributed by atoms with van der Waals surface area (Å²) in [6, 6.07) is 3.72. The summed E-state index contributed by atoms with van der Waals surface area (Å²) in [5.41, 5.74) is 0.519. The molecule has 1 aliphatic carbocycles. The fourth-order valence-electron chi connectivity index (χ4n) is 2.57. The summed E-state index contributed by atoms with van der Waals surface area (Å²) in [5.74, 6) is 0.630. The van der Waals surface area contributed by atoms with Gasteiger partial charge in [-0.2, -0.15) is 13.2 Å². The Morgan fingerprint density at radius 2 is 2.12 bits per heavy atom. The van der Waals surface area contributed by atoms with E-state index in [1.165, 1.54) is 19.0 Å². The van der Waals surface area contributed by atoms with E-state index in [1.54, 1.807) is 12.1 Å². The molecule has 0 amide bonds. The minimum atomic E-state index is -4.39. The molecule has 1 saturated carbocycles. The van der Waals surface area contributed by atoms with Crippen molar-refractivity contribution in [3.8, 4) is 5.88 Å². The lowest BCUT2D eigenvalue weighted by Gasteiger charge is -2.17. The highest BCUT2D eigenvalue weighted by Gasteiger charge is 2.29. The average molecular weight is 344 g/mol. The van der Waals surface area contributed by atoms with Crippen molar-refractivity contribution in [1.82, 2.24) is 15.6 Å². The van der Waals surface area contributed by atoms with Crippen LogP contribution in [0.25, 0.3) is 0 Å². The quantitative estimate of drug-likeness (QED) is 0.615. The largest absolute Gasteiger partial charge is 0.468 e. The highest BCUT2D eigenvalue weighted by molar-refractivity contribution is 5.80. The topological polar surface area (TPSA) is 58.5 Å². The SMILES string of the molecule is CCNC(=NCc1cccnc1OCC(F)(F)F)NC1CCCC1. The molecule has 0 atom stereocenters. The van der Waals surface area contributed by atoms with Crippen molar-refractivity contribution >= 4 is 5.96 Å². The molecule has 0 spiro atoms. The number of aromatic nitrogens is 1. The van der Waals surface area contributed by atoms with E-state index in [-0.39, 0.29) is 12.4 Å². The fraction of sp³-hybridized carbons (Fsp3) is 0.625. The maximum absolute atomic E-state index is 12.3. The minimum absolute atomic E-state index is 0.0321. The molecule has 0 unspecified atom stereocenters. The summed E-state index contributed by atoms with van der Waals surface area (Å²) < 4.78 is 41.7. The van der Waals surface area contributed by atoms with Gasteiger partial charge in [0.05, 0.1) is 6.54 Å². The van der Waals surface area contributed by atoms with E-state index in [1.807, 2.05) is 6.92 Å². The van der Waals surface area contributed by atoms with Gasteiger partial charge in [0.15, 0.2) is 12.6 Å². The Kier molecular flexibility index (Phi) is 6.69. The van der Waals surface area contributed by atoms with Crippen molar-refractivity contribution in [2.24, 2.45) is 4.99 Å². The van der Waals surface area contributed by atoms with Crippen LogP contribution in [0.1, 0.15) is 38.2 Å². The first-order chi connectivity index (χ1) is 11.5. The molecule has 8 heteroatoms. The van der Waals surface area contributed by atoms with Gasteiger partial charge < -0.3 is 15.4 Å². The number of rotatable bonds is 6. The van der Waals surface area contributed by atoms with Gasteiger partial charge in [0.2, 0.25) is 5.88 Å². The molecule has 1 aromatic rings. The molecule has 1 aliphatic rings. The van der Waals surface area contributed by atoms with Crippen LogP contribution in [0.5, 0.6) is 5.88 Å². The maximum Gasteiger partial charge on any atom is 0.422 e. The first kappa shape index (κ1) is 18.4. The second-order valence-electron chi connectivity index (χ2n) is 5.69. The number of hydrogen-bond acceptors (Lipinski definition) is 3. The number of alkyl halides is 3. The molecule has 2 N–H and O–H groups in total. The van der Waals surface area contributed by atoms with E-state index in [0.29, 0.717) is 24.1 Å². The summed E-state index contributed by atoms with van der Waals surface area (Å²) in [7, 11) is 0. The van der Waals surface area contributed by atoms with E-state index in [2.05, 4.69) is 20.6 Å². The number of nitrogens with zero attached hydrogens (tertiary/aromatic N) is 2. The van der Waals surface area contributed by atoms with E-state index >= 15 is 0 Å². The zero-order valence-electron chi connectivity index (χ0n) is 13.7. The Balaban J connectivity index is 2.01. The van der Waals surface area contributed by atoms with E-state index < -0.39 is 12.8 Å². The van der Waals surface area contributed by atoms with Crippen molar-refractivity contribution < 1.29 is 17.9 Å². The van der Waals surface area contributed by atoms with Crippen molar-refractivity contribution in [2.45, 2.75) is 51.4 Å². The minimum Gasteiger partial charge on any atom is -0.468 e. The van der Waals surface area contributed by atoms with Gasteiger partial charge in [0.25, 0.3) is 0 Å². The molecule has 0 bridgehead atoms. The van der Waals surface area contributed by atoms with Crippen LogP contribution in [0, 0.1) is 0 Å². The second-order valence-corrected chi connectivity index (χ2v) is 5.69. The first-order valence-corrected chi connectivity index (χ1v) is 8.16. The number of nitrogens with one attached hydrogen (secondary N) is 2. The Hall–Kier alpha value is -1.99. The molecule has 5 nitrogen and oxygen atoms in total. The average Bonchev–Trinajstić information content (AvgIpc) is 3.04. The zero-order valence-corrected chi connectivity index (χ0v) is 13.7. The molecule has 0 saturated heterocycles. The molecular formula is C16H23F3N4O. The highest BCUT2D eigenvalue weighted by Crippen LogP contribution is 2.21. The predicted molar refractivity (Wildman–Crippen MR) is 86.0 cm³/mol. The van der Waals surface area contributed by atoms with Gasteiger partial charge in [-0.1, -0.05) is 18.9 Å². The summed E-state index contributed by atoms with van der Waals surface area (Å²) in [5, 5.41) is 6.51. The molecule has 24 heavy (non-hydrogen) atoms. The lowest BCUT2D eigenvalue weighted by molar-refractivity contribution is -0.154. The number of guanidine groups is 1. The smallest absolute Gasteiger partial charge is 0.422 e. The lowest BCUT2D eigenvalue weighted by Crippen LogP contribution is -2.42. The first-order valence-electron chi connectivity index (χ1n) is 8.16. The predicted octanol–water partition coefficient (Wildman–Crippen LogP) is 3.02. The molecule has 1 aromatic heterocycles. The van der Waals surface area contributed by atoms with Gasteiger partial charge in [-0.3, -0.25) is 0 Å². The Bertz CT molecular complexity index is 542. The van der Waals surface area contributed by atoms with E-state index in [4.69, 9.17) is 4.74 Å². The van der Waals surface area contributed by atoms with Crippen LogP contribution in [0.3, 0.4) is 0 Å². The number of aliphatic imine (C=N–C) groups is 1. The summed E-state index contributed by atoms with van der Waals surface area (Å²) in [6.07, 6.45) is 1.64. The van der Waals surface area contributed by atoms with Crippen LogP contribution >= 0.6 is 0 Å². The van der Waals surface area contributed by atoms with Gasteiger partial charge in [0, 0.05) is 24.3 Å². The van der Waals surface area contributed by atoms with Crippen LogP contribution in [0.15, 0.2) is 23.3 Å². The molecule has 0 aromatic carbocycles. The molecule has 0 aliphatic heterocycles. The standard InChI is InChI=1S/C16H23F3N4O/c1-2-20-15(23-13-7-3-4-8-13)22-10-12-6-5-9-21-14(12)24-11-16(17,18)19/h5-6,9,13H,2-4,7-8,10-11H2,1H3,(H2,20,22,23). The van der Waals surface area contributed by atoms with Gasteiger partial charge in [-0.05, 0) is 25.8 Å². The van der Waals surface area contributed by atoms with Crippen LogP contribution in [-0.4, -0.2) is 36.3 Å². The molecule has 1 fully saturated rings. The van der Waals surface area contributed by atoms with E-state index in [0.717, 1.165) is 12.8 Å². The third-order valence-electron chi connectivity index (χ3n) is 3.67. The summed E-state index contributed by atoms with van der Waals surface area (Å²) in [6.45, 7) is 1.51. The second kappa shape index (κ2) is 8.75. The van der Waals surface area contributed by atoms with Crippen molar-refractivity contribution in [3.05, 3.63) is 23.9 Å². The van der Waals surface area contributed by atoms with Crippen LogP contribution in [0.4, 0.5) is 13.2 Å². The number of halogens is 3. The van der Waals surface area contributed by atoms with Gasteiger partial charge in [0.1, 0.15) is 0 Å². The molecule has 0 radical (unpaired) electrons. The maximum atomic E-state index is 12.3.